The van der Waals surface area contributed by atoms with E-state index in [9.17, 15) is 9.59 Å². The number of carboxylic acid groups (broad SMARTS) is 1. The van der Waals surface area contributed by atoms with Crippen molar-refractivity contribution in [1.82, 2.24) is 10.6 Å². The Hall–Kier alpha value is -2.24. The Morgan fingerprint density at radius 1 is 1.19 bits per heavy atom. The third kappa shape index (κ3) is 6.58. The van der Waals surface area contributed by atoms with Gasteiger partial charge in [0.1, 0.15) is 5.75 Å². The summed E-state index contributed by atoms with van der Waals surface area (Å²) < 4.78 is 5.84. The van der Waals surface area contributed by atoms with Crippen molar-refractivity contribution in [2.45, 2.75) is 58.5 Å². The summed E-state index contributed by atoms with van der Waals surface area (Å²) in [6.45, 7) is 5.37. The van der Waals surface area contributed by atoms with E-state index in [0.29, 0.717) is 44.8 Å². The number of carboxylic acids is 1. The lowest BCUT2D eigenvalue weighted by molar-refractivity contribution is -0.142. The quantitative estimate of drug-likeness (QED) is 0.660. The van der Waals surface area contributed by atoms with Crippen molar-refractivity contribution in [2.24, 2.45) is 11.8 Å². The van der Waals surface area contributed by atoms with E-state index in [1.54, 1.807) is 0 Å². The maximum atomic E-state index is 12.1. The first-order valence-corrected chi connectivity index (χ1v) is 9.43. The molecule has 0 radical (unpaired) electrons. The van der Waals surface area contributed by atoms with Gasteiger partial charge in [-0.15, -0.1) is 0 Å². The van der Waals surface area contributed by atoms with Crippen molar-refractivity contribution in [3.05, 3.63) is 29.8 Å². The van der Waals surface area contributed by atoms with Gasteiger partial charge in [-0.3, -0.25) is 4.79 Å². The van der Waals surface area contributed by atoms with Crippen LogP contribution in [0, 0.1) is 11.8 Å². The Labute approximate surface area is 155 Å². The minimum atomic E-state index is -0.734. The zero-order valence-corrected chi connectivity index (χ0v) is 15.7. The van der Waals surface area contributed by atoms with Crippen LogP contribution in [0.3, 0.4) is 0 Å². The van der Waals surface area contributed by atoms with E-state index in [4.69, 9.17) is 9.84 Å². The second-order valence-corrected chi connectivity index (χ2v) is 7.35. The Morgan fingerprint density at radius 2 is 1.88 bits per heavy atom. The lowest BCUT2D eigenvalue weighted by atomic mass is 9.86. The average Bonchev–Trinajstić information content (AvgIpc) is 2.61. The highest BCUT2D eigenvalue weighted by Crippen LogP contribution is 2.24. The molecule has 0 spiro atoms. The fourth-order valence-electron chi connectivity index (χ4n) is 3.09. The molecule has 1 saturated carbocycles. The molecule has 2 amide bonds. The standard InChI is InChI=1S/C20H30N2O4/c1-14(2)11-12-26-18-6-4-3-5-16(18)13-21-20(25)22-17-9-7-15(8-10-17)19(23)24/h3-6,14-15,17H,7-13H2,1-2H3,(H,23,24)(H2,21,22,25). The van der Waals surface area contributed by atoms with Crippen LogP contribution < -0.4 is 15.4 Å². The molecule has 6 heteroatoms. The fourth-order valence-corrected chi connectivity index (χ4v) is 3.09. The molecule has 1 aromatic carbocycles. The Kier molecular flexibility index (Phi) is 7.75. The third-order valence-corrected chi connectivity index (χ3v) is 4.78. The van der Waals surface area contributed by atoms with Gasteiger partial charge in [-0.05, 0) is 44.1 Å². The van der Waals surface area contributed by atoms with Gasteiger partial charge < -0.3 is 20.5 Å². The number of hydrogen-bond donors (Lipinski definition) is 3. The molecular formula is C20H30N2O4. The van der Waals surface area contributed by atoms with Gasteiger partial charge in [0.2, 0.25) is 0 Å². The summed E-state index contributed by atoms with van der Waals surface area (Å²) >= 11 is 0. The average molecular weight is 362 g/mol. The Bertz CT molecular complexity index is 595. The number of rotatable bonds is 8. The minimum Gasteiger partial charge on any atom is -0.493 e. The molecule has 3 N–H and O–H groups in total. The van der Waals surface area contributed by atoms with E-state index in [-0.39, 0.29) is 18.0 Å². The second kappa shape index (κ2) is 10.0. The van der Waals surface area contributed by atoms with Gasteiger partial charge in [-0.1, -0.05) is 32.0 Å². The smallest absolute Gasteiger partial charge is 0.315 e. The van der Waals surface area contributed by atoms with E-state index >= 15 is 0 Å². The second-order valence-electron chi connectivity index (χ2n) is 7.35. The largest absolute Gasteiger partial charge is 0.493 e. The molecule has 1 fully saturated rings. The number of hydrogen-bond acceptors (Lipinski definition) is 3. The van der Waals surface area contributed by atoms with Crippen LogP contribution >= 0.6 is 0 Å². The van der Waals surface area contributed by atoms with Gasteiger partial charge in [-0.25, -0.2) is 4.79 Å². The van der Waals surface area contributed by atoms with Crippen LogP contribution in [0.1, 0.15) is 51.5 Å². The molecule has 0 aliphatic heterocycles. The Balaban J connectivity index is 1.76. The van der Waals surface area contributed by atoms with Gasteiger partial charge in [-0.2, -0.15) is 0 Å². The van der Waals surface area contributed by atoms with Crippen LogP contribution in [0.15, 0.2) is 24.3 Å². The fraction of sp³-hybridized carbons (Fsp3) is 0.600. The highest BCUT2D eigenvalue weighted by Gasteiger charge is 2.26. The maximum absolute atomic E-state index is 12.1. The first-order chi connectivity index (χ1) is 12.5. The number of urea groups is 1. The number of benzene rings is 1. The lowest BCUT2D eigenvalue weighted by Gasteiger charge is -2.26. The van der Waals surface area contributed by atoms with Crippen LogP contribution in [-0.4, -0.2) is 29.8 Å². The Morgan fingerprint density at radius 3 is 2.54 bits per heavy atom. The summed E-state index contributed by atoms with van der Waals surface area (Å²) in [6.07, 6.45) is 3.64. The van der Waals surface area contributed by atoms with Crippen LogP contribution in [0.2, 0.25) is 0 Å². The maximum Gasteiger partial charge on any atom is 0.315 e. The van der Waals surface area contributed by atoms with Crippen molar-refractivity contribution in [1.29, 1.82) is 0 Å². The van der Waals surface area contributed by atoms with Gasteiger partial charge in [0, 0.05) is 18.2 Å². The normalized spacial score (nSPS) is 19.8. The van der Waals surface area contributed by atoms with Gasteiger partial charge in [0.05, 0.1) is 12.5 Å². The zero-order valence-electron chi connectivity index (χ0n) is 15.7. The van der Waals surface area contributed by atoms with Crippen molar-refractivity contribution in [3.63, 3.8) is 0 Å². The van der Waals surface area contributed by atoms with Crippen LogP contribution in [-0.2, 0) is 11.3 Å². The van der Waals surface area contributed by atoms with Crippen LogP contribution in [0.25, 0.3) is 0 Å². The molecule has 1 aliphatic rings. The lowest BCUT2D eigenvalue weighted by Crippen LogP contribution is -2.43. The molecule has 144 valence electrons. The monoisotopic (exact) mass is 362 g/mol. The third-order valence-electron chi connectivity index (χ3n) is 4.78. The van der Waals surface area contributed by atoms with Crippen molar-refractivity contribution < 1.29 is 19.4 Å². The molecule has 2 rings (SSSR count). The molecule has 1 aromatic rings. The summed E-state index contributed by atoms with van der Waals surface area (Å²) in [6, 6.07) is 7.54. The molecular weight excluding hydrogens is 332 g/mol. The van der Waals surface area contributed by atoms with E-state index in [0.717, 1.165) is 17.7 Å². The topological polar surface area (TPSA) is 87.7 Å². The summed E-state index contributed by atoms with van der Waals surface area (Å²) in [5.74, 6) is 0.380. The first kappa shape index (κ1) is 20.1. The van der Waals surface area contributed by atoms with Crippen molar-refractivity contribution in [2.75, 3.05) is 6.61 Å². The van der Waals surface area contributed by atoms with Gasteiger partial charge in [0.15, 0.2) is 0 Å². The number of ether oxygens (including phenoxy) is 1. The van der Waals surface area contributed by atoms with Crippen molar-refractivity contribution >= 4 is 12.0 Å². The highest BCUT2D eigenvalue weighted by molar-refractivity contribution is 5.74. The number of nitrogens with one attached hydrogen (secondary N) is 2. The minimum absolute atomic E-state index is 0.0446. The molecule has 1 aliphatic carbocycles. The molecule has 0 aromatic heterocycles. The first-order valence-electron chi connectivity index (χ1n) is 9.43. The summed E-state index contributed by atoms with van der Waals surface area (Å²) in [4.78, 5) is 23.1. The SMILES string of the molecule is CC(C)CCOc1ccccc1CNC(=O)NC1CCC(C(=O)O)CC1. The number of carbonyl (C=O) groups is 2. The number of aliphatic carboxylic acids is 1. The van der Waals surface area contributed by atoms with Crippen molar-refractivity contribution in [3.8, 4) is 5.75 Å². The number of para-hydroxylation sites is 1. The molecule has 0 atom stereocenters. The molecule has 0 bridgehead atoms. The van der Waals surface area contributed by atoms with Crippen LogP contribution in [0.5, 0.6) is 5.75 Å². The van der Waals surface area contributed by atoms with Crippen LogP contribution in [0.4, 0.5) is 4.79 Å². The van der Waals surface area contributed by atoms with E-state index in [1.165, 1.54) is 0 Å². The zero-order chi connectivity index (χ0) is 18.9. The molecule has 26 heavy (non-hydrogen) atoms. The van der Waals surface area contributed by atoms with E-state index in [1.807, 2.05) is 24.3 Å². The molecule has 0 unspecified atom stereocenters. The molecule has 0 heterocycles. The summed E-state index contributed by atoms with van der Waals surface area (Å²) in [7, 11) is 0. The van der Waals surface area contributed by atoms with Gasteiger partial charge >= 0.3 is 12.0 Å². The highest BCUT2D eigenvalue weighted by atomic mass is 16.5. The molecule has 0 saturated heterocycles. The number of carbonyl (C=O) groups excluding carboxylic acids is 1. The predicted octanol–water partition coefficient (Wildman–Crippen LogP) is 3.55. The summed E-state index contributed by atoms with van der Waals surface area (Å²) in [5.41, 5.74) is 0.945. The van der Waals surface area contributed by atoms with E-state index in [2.05, 4.69) is 24.5 Å². The van der Waals surface area contributed by atoms with Gasteiger partial charge in [0.25, 0.3) is 0 Å². The van der Waals surface area contributed by atoms with E-state index < -0.39 is 5.97 Å². The predicted molar refractivity (Wildman–Crippen MR) is 100 cm³/mol. The number of amides is 2. The summed E-state index contributed by atoms with van der Waals surface area (Å²) in [5, 5.41) is 14.8. The molecule has 6 nitrogen and oxygen atoms in total.